The standard InChI is InChI=1S/C13H17N3OS/c1-3-10-6-5-7-11(8-10)17-9-12-14-15-13(18)16(12)4-2/h5-8H,3-4,9H2,1-2H3,(H,15,18). The number of rotatable bonds is 5. The number of aromatic amines is 1. The quantitative estimate of drug-likeness (QED) is 0.843. The van der Waals surface area contributed by atoms with Crippen LogP contribution in [0.25, 0.3) is 0 Å². The average molecular weight is 263 g/mol. The monoisotopic (exact) mass is 263 g/mol. The van der Waals surface area contributed by atoms with Gasteiger partial charge in [0.25, 0.3) is 0 Å². The topological polar surface area (TPSA) is 42.8 Å². The average Bonchev–Trinajstić information content (AvgIpc) is 2.77. The van der Waals surface area contributed by atoms with Gasteiger partial charge in [0.05, 0.1) is 0 Å². The van der Waals surface area contributed by atoms with Crippen LogP contribution >= 0.6 is 12.2 Å². The number of nitrogens with one attached hydrogen (secondary N) is 1. The summed E-state index contributed by atoms with van der Waals surface area (Å²) in [4.78, 5) is 0. The van der Waals surface area contributed by atoms with Crippen molar-refractivity contribution < 1.29 is 4.74 Å². The lowest BCUT2D eigenvalue weighted by Gasteiger charge is -2.07. The summed E-state index contributed by atoms with van der Waals surface area (Å²) >= 11 is 5.13. The summed E-state index contributed by atoms with van der Waals surface area (Å²) in [6.07, 6.45) is 1.00. The van der Waals surface area contributed by atoms with Crippen LogP contribution in [0.2, 0.25) is 0 Å². The van der Waals surface area contributed by atoms with Crippen LogP contribution in [0.5, 0.6) is 5.75 Å². The molecule has 18 heavy (non-hydrogen) atoms. The van der Waals surface area contributed by atoms with Crippen molar-refractivity contribution in [3.63, 3.8) is 0 Å². The van der Waals surface area contributed by atoms with E-state index < -0.39 is 0 Å². The first-order valence-electron chi connectivity index (χ1n) is 6.10. The summed E-state index contributed by atoms with van der Waals surface area (Å²) in [5.41, 5.74) is 1.27. The van der Waals surface area contributed by atoms with E-state index in [0.29, 0.717) is 11.4 Å². The molecule has 5 heteroatoms. The molecule has 0 atom stereocenters. The molecule has 0 fully saturated rings. The maximum Gasteiger partial charge on any atom is 0.195 e. The van der Waals surface area contributed by atoms with E-state index in [-0.39, 0.29) is 0 Å². The van der Waals surface area contributed by atoms with Crippen molar-refractivity contribution in [1.29, 1.82) is 0 Å². The van der Waals surface area contributed by atoms with Gasteiger partial charge in [-0.2, -0.15) is 5.10 Å². The van der Waals surface area contributed by atoms with E-state index in [0.717, 1.165) is 24.5 Å². The molecule has 2 rings (SSSR count). The van der Waals surface area contributed by atoms with Gasteiger partial charge in [0.2, 0.25) is 0 Å². The highest BCUT2D eigenvalue weighted by atomic mass is 32.1. The number of H-pyrrole nitrogens is 1. The number of aromatic nitrogens is 3. The number of aryl methyl sites for hydroxylation is 1. The molecule has 0 aliphatic heterocycles. The zero-order valence-electron chi connectivity index (χ0n) is 10.6. The summed E-state index contributed by atoms with van der Waals surface area (Å²) in [7, 11) is 0. The second-order valence-corrected chi connectivity index (χ2v) is 4.37. The lowest BCUT2D eigenvalue weighted by Crippen LogP contribution is -2.06. The summed E-state index contributed by atoms with van der Waals surface area (Å²) in [5, 5.41) is 6.95. The van der Waals surface area contributed by atoms with E-state index in [9.17, 15) is 0 Å². The third-order valence-corrected chi connectivity index (χ3v) is 3.14. The Bertz CT molecular complexity index is 574. The van der Waals surface area contributed by atoms with Crippen molar-refractivity contribution in [2.75, 3.05) is 0 Å². The first kappa shape index (κ1) is 12.8. The van der Waals surface area contributed by atoms with Gasteiger partial charge >= 0.3 is 0 Å². The van der Waals surface area contributed by atoms with Crippen molar-refractivity contribution in [3.05, 3.63) is 40.4 Å². The maximum atomic E-state index is 5.74. The van der Waals surface area contributed by atoms with Crippen LogP contribution in [-0.2, 0) is 19.6 Å². The van der Waals surface area contributed by atoms with Crippen LogP contribution in [0, 0.1) is 4.77 Å². The van der Waals surface area contributed by atoms with Crippen molar-refractivity contribution in [2.45, 2.75) is 33.4 Å². The van der Waals surface area contributed by atoms with E-state index >= 15 is 0 Å². The third kappa shape index (κ3) is 2.79. The van der Waals surface area contributed by atoms with Crippen molar-refractivity contribution in [3.8, 4) is 5.75 Å². The van der Waals surface area contributed by atoms with E-state index in [2.05, 4.69) is 29.3 Å². The fourth-order valence-corrected chi connectivity index (χ4v) is 2.07. The molecule has 0 saturated heterocycles. The number of hydrogen-bond donors (Lipinski definition) is 1. The highest BCUT2D eigenvalue weighted by molar-refractivity contribution is 7.71. The second-order valence-electron chi connectivity index (χ2n) is 3.98. The Morgan fingerprint density at radius 3 is 2.94 bits per heavy atom. The number of hydrogen-bond acceptors (Lipinski definition) is 3. The molecule has 1 aromatic heterocycles. The number of nitrogens with zero attached hydrogens (tertiary/aromatic N) is 2. The fraction of sp³-hybridized carbons (Fsp3) is 0.385. The first-order valence-corrected chi connectivity index (χ1v) is 6.51. The lowest BCUT2D eigenvalue weighted by atomic mass is 10.2. The Balaban J connectivity index is 2.08. The highest BCUT2D eigenvalue weighted by Crippen LogP contribution is 2.15. The Morgan fingerprint density at radius 2 is 2.22 bits per heavy atom. The van der Waals surface area contributed by atoms with E-state index in [1.165, 1.54) is 5.56 Å². The van der Waals surface area contributed by atoms with Gasteiger partial charge in [0, 0.05) is 6.54 Å². The minimum absolute atomic E-state index is 0.425. The fourth-order valence-electron chi connectivity index (χ4n) is 1.79. The Labute approximate surface area is 112 Å². The van der Waals surface area contributed by atoms with Gasteiger partial charge in [-0.3, -0.25) is 5.10 Å². The first-order chi connectivity index (χ1) is 8.74. The van der Waals surface area contributed by atoms with Crippen molar-refractivity contribution in [2.24, 2.45) is 0 Å². The van der Waals surface area contributed by atoms with Gasteiger partial charge in [-0.25, -0.2) is 0 Å². The molecule has 1 heterocycles. The Kier molecular flexibility index (Phi) is 4.15. The number of ether oxygens (including phenoxy) is 1. The van der Waals surface area contributed by atoms with E-state index in [4.69, 9.17) is 17.0 Å². The lowest BCUT2D eigenvalue weighted by molar-refractivity contribution is 0.289. The normalized spacial score (nSPS) is 10.6. The molecule has 0 amide bonds. The SMILES string of the molecule is CCc1cccc(OCc2n[nH]c(=S)n2CC)c1. The molecule has 0 bridgehead atoms. The molecule has 4 nitrogen and oxygen atoms in total. The second kappa shape index (κ2) is 5.82. The van der Waals surface area contributed by atoms with Gasteiger partial charge in [0.15, 0.2) is 10.6 Å². The predicted octanol–water partition coefficient (Wildman–Crippen LogP) is 3.10. The minimum atomic E-state index is 0.425. The van der Waals surface area contributed by atoms with Crippen molar-refractivity contribution in [1.82, 2.24) is 14.8 Å². The Hall–Kier alpha value is -1.62. The molecule has 0 radical (unpaired) electrons. The maximum absolute atomic E-state index is 5.74. The van der Waals surface area contributed by atoms with Crippen LogP contribution in [-0.4, -0.2) is 14.8 Å². The molecule has 96 valence electrons. The van der Waals surface area contributed by atoms with Gasteiger partial charge in [-0.1, -0.05) is 19.1 Å². The Morgan fingerprint density at radius 1 is 1.39 bits per heavy atom. The van der Waals surface area contributed by atoms with Crippen LogP contribution in [0.3, 0.4) is 0 Å². The molecule has 1 N–H and O–H groups in total. The molecule has 0 unspecified atom stereocenters. The summed E-state index contributed by atoms with van der Waals surface area (Å²) in [5.74, 6) is 1.69. The molecular formula is C13H17N3OS. The molecule has 0 spiro atoms. The zero-order chi connectivity index (χ0) is 13.0. The van der Waals surface area contributed by atoms with Gasteiger partial charge < -0.3 is 9.30 Å². The molecule has 0 aliphatic carbocycles. The molecule has 1 aromatic carbocycles. The van der Waals surface area contributed by atoms with Crippen LogP contribution in [0.15, 0.2) is 24.3 Å². The highest BCUT2D eigenvalue weighted by Gasteiger charge is 2.05. The molecule has 2 aromatic rings. The summed E-state index contributed by atoms with van der Waals surface area (Å²) in [6, 6.07) is 8.11. The van der Waals surface area contributed by atoms with Crippen LogP contribution in [0.1, 0.15) is 25.2 Å². The smallest absolute Gasteiger partial charge is 0.195 e. The minimum Gasteiger partial charge on any atom is -0.486 e. The third-order valence-electron chi connectivity index (χ3n) is 2.83. The van der Waals surface area contributed by atoms with Gasteiger partial charge in [-0.15, -0.1) is 0 Å². The van der Waals surface area contributed by atoms with E-state index in [1.54, 1.807) is 0 Å². The summed E-state index contributed by atoms with van der Waals surface area (Å²) < 4.78 is 8.31. The molecule has 0 saturated carbocycles. The molecular weight excluding hydrogens is 246 g/mol. The van der Waals surface area contributed by atoms with Gasteiger partial charge in [-0.05, 0) is 43.3 Å². The summed E-state index contributed by atoms with van der Waals surface area (Å²) in [6.45, 7) is 5.38. The van der Waals surface area contributed by atoms with Crippen LogP contribution < -0.4 is 4.74 Å². The van der Waals surface area contributed by atoms with E-state index in [1.807, 2.05) is 23.6 Å². The zero-order valence-corrected chi connectivity index (χ0v) is 11.5. The number of benzene rings is 1. The van der Waals surface area contributed by atoms with Gasteiger partial charge in [0.1, 0.15) is 12.4 Å². The predicted molar refractivity (Wildman–Crippen MR) is 73.2 cm³/mol. The molecule has 0 aliphatic rings. The van der Waals surface area contributed by atoms with Crippen LogP contribution in [0.4, 0.5) is 0 Å². The largest absolute Gasteiger partial charge is 0.486 e. The van der Waals surface area contributed by atoms with Crippen molar-refractivity contribution >= 4 is 12.2 Å².